The Kier molecular flexibility index (Phi) is 15.5. The van der Waals surface area contributed by atoms with Gasteiger partial charge in [0.15, 0.2) is 0 Å². The van der Waals surface area contributed by atoms with Gasteiger partial charge in [0.05, 0.1) is 33.8 Å². The topological polar surface area (TPSA) is 187 Å². The van der Waals surface area contributed by atoms with Gasteiger partial charge < -0.3 is 45.6 Å². The Morgan fingerprint density at radius 1 is 0.662 bits per heavy atom. The third kappa shape index (κ3) is 12.5. The fraction of sp³-hybridized carbons (Fsp3) is 0.263. The van der Waals surface area contributed by atoms with Crippen molar-refractivity contribution in [3.8, 4) is 34.0 Å². The first-order valence-corrected chi connectivity index (χ1v) is 25.7. The average Bonchev–Trinajstić information content (AvgIpc) is 4.03. The van der Waals surface area contributed by atoms with Crippen LogP contribution in [0, 0.1) is 0 Å². The number of benzene rings is 4. The maximum Gasteiger partial charge on any atom is 0.248 e. The number of para-hydroxylation sites is 1. The van der Waals surface area contributed by atoms with E-state index in [0.29, 0.717) is 51.2 Å². The molecule has 8 aromatic rings. The number of rotatable bonds is 17. The van der Waals surface area contributed by atoms with Gasteiger partial charge in [-0.15, -0.1) is 0 Å². The van der Waals surface area contributed by atoms with E-state index in [0.717, 1.165) is 101 Å². The molecule has 2 amide bonds. The maximum absolute atomic E-state index is 13.2. The first-order chi connectivity index (χ1) is 36.0. The van der Waals surface area contributed by atoms with Crippen molar-refractivity contribution in [1.82, 2.24) is 34.8 Å². The first-order valence-electron chi connectivity index (χ1n) is 25.0. The van der Waals surface area contributed by atoms with E-state index in [1.54, 1.807) is 24.5 Å². The van der Waals surface area contributed by atoms with Crippen LogP contribution in [0.25, 0.3) is 50.4 Å². The maximum atomic E-state index is 13.2. The van der Waals surface area contributed by atoms with Crippen LogP contribution in [-0.2, 0) is 9.59 Å². The highest BCUT2D eigenvalue weighted by atomic mass is 35.5. The molecule has 0 radical (unpaired) electrons. The lowest BCUT2D eigenvalue weighted by Gasteiger charge is -2.30. The number of fused-ring (bicyclic) bond motifs is 2. The summed E-state index contributed by atoms with van der Waals surface area (Å²) in [4.78, 5) is 52.8. The summed E-state index contributed by atoms with van der Waals surface area (Å²) in [6.07, 6.45) is 21.1. The largest absolute Gasteiger partial charge is 0.490 e. The number of anilines is 4. The number of halogens is 2. The van der Waals surface area contributed by atoms with Gasteiger partial charge in [-0.2, -0.15) is 0 Å². The third-order valence-corrected chi connectivity index (χ3v) is 13.8. The highest BCUT2D eigenvalue weighted by Crippen LogP contribution is 2.36. The second-order valence-electron chi connectivity index (χ2n) is 19.1. The number of nitrogens with zero attached hydrogens (tertiary/aromatic N) is 5. The molecule has 6 N–H and O–H groups in total. The quantitative estimate of drug-likeness (QED) is 0.0477. The number of hydrogen-bond donors (Lipinski definition) is 6. The van der Waals surface area contributed by atoms with Gasteiger partial charge in [0, 0.05) is 100 Å². The number of carbonyl (C=O) groups is 2. The number of nitrogens with one attached hydrogen (secondary N) is 6. The lowest BCUT2D eigenvalue weighted by molar-refractivity contribution is -0.112. The molecular formula is C57H57Cl2N11O4. The fourth-order valence-corrected chi connectivity index (χ4v) is 10.0. The highest BCUT2D eigenvalue weighted by Gasteiger charge is 2.26. The summed E-state index contributed by atoms with van der Waals surface area (Å²) < 4.78 is 12.8. The molecule has 4 aromatic heterocycles. The van der Waals surface area contributed by atoms with Crippen molar-refractivity contribution >= 4 is 86.2 Å². The van der Waals surface area contributed by atoms with Crippen molar-refractivity contribution in [3.05, 3.63) is 150 Å². The van der Waals surface area contributed by atoms with E-state index in [4.69, 9.17) is 42.6 Å². The number of aromatic nitrogens is 6. The minimum absolute atomic E-state index is 0.000838. The summed E-state index contributed by atoms with van der Waals surface area (Å²) in [5, 5.41) is 15.8. The molecule has 4 aromatic carbocycles. The number of H-pyrrole nitrogens is 2. The third-order valence-electron chi connectivity index (χ3n) is 13.2. The van der Waals surface area contributed by atoms with E-state index in [1.165, 1.54) is 6.08 Å². The predicted molar refractivity (Wildman–Crippen MR) is 296 cm³/mol. The van der Waals surface area contributed by atoms with Gasteiger partial charge >= 0.3 is 0 Å². The van der Waals surface area contributed by atoms with E-state index in [1.807, 2.05) is 122 Å². The van der Waals surface area contributed by atoms with Crippen LogP contribution in [0.2, 0.25) is 10.0 Å². The minimum atomic E-state index is -0.265. The van der Waals surface area contributed by atoms with Crippen LogP contribution in [-0.4, -0.2) is 91.5 Å². The van der Waals surface area contributed by atoms with Gasteiger partial charge in [-0.25, -0.2) is 19.9 Å². The summed E-state index contributed by atoms with van der Waals surface area (Å²) in [7, 11) is 3.90. The molecule has 2 fully saturated rings. The molecular weight excluding hydrogens is 974 g/mol. The molecule has 378 valence electrons. The van der Waals surface area contributed by atoms with Gasteiger partial charge in [0.1, 0.15) is 23.7 Å². The van der Waals surface area contributed by atoms with Crippen molar-refractivity contribution in [2.24, 2.45) is 0 Å². The molecule has 0 saturated heterocycles. The van der Waals surface area contributed by atoms with Crippen LogP contribution in [0.15, 0.2) is 134 Å². The van der Waals surface area contributed by atoms with Crippen molar-refractivity contribution in [1.29, 1.82) is 0 Å². The van der Waals surface area contributed by atoms with E-state index in [2.05, 4.69) is 47.3 Å². The van der Waals surface area contributed by atoms with Crippen molar-refractivity contribution in [2.75, 3.05) is 41.9 Å². The number of hydrogen-bond acceptors (Lipinski definition) is 11. The van der Waals surface area contributed by atoms with Crippen molar-refractivity contribution < 1.29 is 19.1 Å². The Labute approximate surface area is 439 Å². The summed E-state index contributed by atoms with van der Waals surface area (Å²) in [5.41, 5.74) is 7.14. The van der Waals surface area contributed by atoms with E-state index < -0.39 is 0 Å². The van der Waals surface area contributed by atoms with Crippen LogP contribution < -0.4 is 30.7 Å². The Bertz CT molecular complexity index is 3320. The number of carbonyl (C=O) groups excluding carboxylic acids is 2. The standard InChI is InChI=1S/C57H57Cl2N11O4/c1-70(2)27-7-14-52(71)64-36-17-21-40(22-18-36)73-43-11-6-9-39(30-43)67-57-63-34-49(59)55(69-57)47-32-61-51-25-15-35(28-45(47)51)16-26-53(72)65-37-19-23-41(24-20-37)74-42-10-5-8-38(29-42)66-56-62-33-48(58)54(68-56)46-31-60-50-13-4-3-12-44(46)50/h3-4,7,12-26,28,31-34,38-39,42-43,60-61H,5-6,8-11,27,29-30H2,1-2H3,(H,64,71)(H,65,72)(H,62,66,68)(H,63,67,69)/b14-7+,26-16?/t38-,39-,42-,43-/m1/s1. The fourth-order valence-electron chi connectivity index (χ4n) is 9.62. The van der Waals surface area contributed by atoms with Crippen molar-refractivity contribution in [3.63, 3.8) is 0 Å². The smallest absolute Gasteiger partial charge is 0.248 e. The summed E-state index contributed by atoms with van der Waals surface area (Å²) in [6, 6.07) is 29.1. The molecule has 17 heteroatoms. The minimum Gasteiger partial charge on any atom is -0.490 e. The highest BCUT2D eigenvalue weighted by molar-refractivity contribution is 6.33. The van der Waals surface area contributed by atoms with E-state index in [9.17, 15) is 9.59 Å². The number of amides is 2. The predicted octanol–water partition coefficient (Wildman–Crippen LogP) is 12.2. The summed E-state index contributed by atoms with van der Waals surface area (Å²) in [6.45, 7) is 0.690. The second kappa shape index (κ2) is 23.0. The van der Waals surface area contributed by atoms with Gasteiger partial charge in [-0.1, -0.05) is 53.5 Å². The zero-order valence-electron chi connectivity index (χ0n) is 41.1. The van der Waals surface area contributed by atoms with Crippen LogP contribution >= 0.6 is 23.2 Å². The van der Waals surface area contributed by atoms with Crippen LogP contribution in [0.3, 0.4) is 0 Å². The molecule has 0 spiro atoms. The van der Waals surface area contributed by atoms with Gasteiger partial charge in [0.2, 0.25) is 23.7 Å². The molecule has 2 aliphatic rings. The van der Waals surface area contributed by atoms with Crippen LogP contribution in [0.4, 0.5) is 23.3 Å². The lowest BCUT2D eigenvalue weighted by atomic mass is 9.93. The zero-order valence-corrected chi connectivity index (χ0v) is 42.6. The Morgan fingerprint density at radius 2 is 1.19 bits per heavy atom. The van der Waals surface area contributed by atoms with E-state index >= 15 is 0 Å². The molecule has 74 heavy (non-hydrogen) atoms. The van der Waals surface area contributed by atoms with E-state index in [-0.39, 0.29) is 36.1 Å². The molecule has 0 aliphatic heterocycles. The lowest BCUT2D eigenvalue weighted by Crippen LogP contribution is -2.33. The Balaban J connectivity index is 0.711. The normalized spacial score (nSPS) is 18.0. The average molecular weight is 1030 g/mol. The number of ether oxygens (including phenoxy) is 2. The van der Waals surface area contributed by atoms with Crippen molar-refractivity contribution in [2.45, 2.75) is 75.7 Å². The van der Waals surface area contributed by atoms with Crippen LogP contribution in [0.5, 0.6) is 11.5 Å². The molecule has 0 unspecified atom stereocenters. The first kappa shape index (κ1) is 49.8. The van der Waals surface area contributed by atoms with Gasteiger partial charge in [-0.05, 0) is 131 Å². The molecule has 15 nitrogen and oxygen atoms in total. The summed E-state index contributed by atoms with van der Waals surface area (Å²) in [5.74, 6) is 2.05. The monoisotopic (exact) mass is 1030 g/mol. The Hall–Kier alpha value is -7.72. The summed E-state index contributed by atoms with van der Waals surface area (Å²) >= 11 is 13.4. The second-order valence-corrected chi connectivity index (χ2v) is 19.9. The Morgan fingerprint density at radius 3 is 1.76 bits per heavy atom. The van der Waals surface area contributed by atoms with Gasteiger partial charge in [-0.3, -0.25) is 9.59 Å². The molecule has 2 aliphatic carbocycles. The zero-order chi connectivity index (χ0) is 51.0. The van der Waals surface area contributed by atoms with Gasteiger partial charge in [0.25, 0.3) is 0 Å². The molecule has 2 saturated carbocycles. The number of likely N-dealkylation sites (N-methyl/N-ethyl adjacent to an activating group) is 1. The molecule has 4 heterocycles. The van der Waals surface area contributed by atoms with Crippen LogP contribution in [0.1, 0.15) is 56.9 Å². The number of aromatic amines is 2. The molecule has 10 rings (SSSR count). The molecule has 0 bridgehead atoms. The SMILES string of the molecule is CN(C)C/C=C/C(=O)Nc1ccc(O[C@@H]2CCC[C@@H](Nc3ncc(Cl)c(-c4c[nH]c5ccc(C=CC(=O)Nc6ccc(O[C@@H]7CCC[C@@H](Nc8ncc(Cl)c(-c9c[nH]c%10ccccc9%10)n8)C7)cc6)cc45)n3)C2)cc1. The molecule has 4 atom stereocenters.